The molecule has 1 atom stereocenters. The maximum atomic E-state index is 9.53. The van der Waals surface area contributed by atoms with Crippen molar-refractivity contribution in [3.63, 3.8) is 0 Å². The van der Waals surface area contributed by atoms with Crippen molar-refractivity contribution in [2.75, 3.05) is 19.6 Å². The average Bonchev–Trinajstić information content (AvgIpc) is 2.00. The second-order valence-corrected chi connectivity index (χ2v) is 4.66. The standard InChI is InChI=1S/C10H21NO2/c1-10(2,13)5-7-11-6-3-4-9(12)8-11/h9,12-13H,3-8H2,1-2H3/t9-/m0/s1. The smallest absolute Gasteiger partial charge is 0.0667 e. The van der Waals surface area contributed by atoms with Crippen LogP contribution in [0.1, 0.15) is 33.1 Å². The van der Waals surface area contributed by atoms with Gasteiger partial charge in [-0.2, -0.15) is 0 Å². The molecule has 3 nitrogen and oxygen atoms in total. The van der Waals surface area contributed by atoms with E-state index in [0.29, 0.717) is 0 Å². The van der Waals surface area contributed by atoms with Crippen molar-refractivity contribution in [2.45, 2.75) is 44.8 Å². The van der Waals surface area contributed by atoms with Crippen molar-refractivity contribution in [3.8, 4) is 0 Å². The molecule has 1 aliphatic heterocycles. The number of aliphatic hydroxyl groups excluding tert-OH is 1. The van der Waals surface area contributed by atoms with Crippen LogP contribution in [0, 0.1) is 0 Å². The van der Waals surface area contributed by atoms with E-state index in [9.17, 15) is 10.2 Å². The Kier molecular flexibility index (Phi) is 3.71. The Morgan fingerprint density at radius 2 is 2.15 bits per heavy atom. The fourth-order valence-electron chi connectivity index (χ4n) is 1.67. The predicted molar refractivity (Wildman–Crippen MR) is 52.6 cm³/mol. The van der Waals surface area contributed by atoms with Crippen molar-refractivity contribution < 1.29 is 10.2 Å². The molecular weight excluding hydrogens is 166 g/mol. The molecule has 0 spiro atoms. The van der Waals surface area contributed by atoms with Gasteiger partial charge in [-0.3, -0.25) is 0 Å². The van der Waals surface area contributed by atoms with Crippen molar-refractivity contribution in [1.29, 1.82) is 0 Å². The Morgan fingerprint density at radius 3 is 2.69 bits per heavy atom. The number of hydrogen-bond acceptors (Lipinski definition) is 3. The first-order valence-electron chi connectivity index (χ1n) is 5.10. The molecule has 0 unspecified atom stereocenters. The summed E-state index contributed by atoms with van der Waals surface area (Å²) in [6.07, 6.45) is 2.63. The van der Waals surface area contributed by atoms with E-state index in [1.165, 1.54) is 0 Å². The summed E-state index contributed by atoms with van der Waals surface area (Å²) in [5.74, 6) is 0. The third-order valence-electron chi connectivity index (χ3n) is 2.52. The van der Waals surface area contributed by atoms with Crippen molar-refractivity contribution >= 4 is 0 Å². The van der Waals surface area contributed by atoms with Gasteiger partial charge in [0.15, 0.2) is 0 Å². The summed E-state index contributed by atoms with van der Waals surface area (Å²) >= 11 is 0. The summed E-state index contributed by atoms with van der Waals surface area (Å²) in [5.41, 5.74) is -0.581. The quantitative estimate of drug-likeness (QED) is 0.680. The second-order valence-electron chi connectivity index (χ2n) is 4.66. The molecule has 0 radical (unpaired) electrons. The van der Waals surface area contributed by atoms with E-state index in [2.05, 4.69) is 4.90 Å². The summed E-state index contributed by atoms with van der Waals surface area (Å²) < 4.78 is 0. The normalized spacial score (nSPS) is 26.3. The van der Waals surface area contributed by atoms with Gasteiger partial charge < -0.3 is 15.1 Å². The molecule has 1 fully saturated rings. The summed E-state index contributed by atoms with van der Waals surface area (Å²) in [5, 5.41) is 18.9. The van der Waals surface area contributed by atoms with Gasteiger partial charge in [-0.05, 0) is 39.7 Å². The van der Waals surface area contributed by atoms with E-state index >= 15 is 0 Å². The monoisotopic (exact) mass is 187 g/mol. The Labute approximate surface area is 80.4 Å². The van der Waals surface area contributed by atoms with Crippen LogP contribution in [-0.4, -0.2) is 46.5 Å². The Bertz CT molecular complexity index is 153. The lowest BCUT2D eigenvalue weighted by Crippen LogP contribution is -2.40. The van der Waals surface area contributed by atoms with Crippen LogP contribution < -0.4 is 0 Å². The third kappa shape index (κ3) is 4.60. The maximum Gasteiger partial charge on any atom is 0.0667 e. The van der Waals surface area contributed by atoms with E-state index in [0.717, 1.165) is 38.9 Å². The highest BCUT2D eigenvalue weighted by molar-refractivity contribution is 4.74. The van der Waals surface area contributed by atoms with Crippen LogP contribution in [0.5, 0.6) is 0 Å². The zero-order valence-corrected chi connectivity index (χ0v) is 8.66. The molecule has 1 aliphatic rings. The highest BCUT2D eigenvalue weighted by Gasteiger charge is 2.20. The van der Waals surface area contributed by atoms with Gasteiger partial charge in [0.1, 0.15) is 0 Å². The first-order chi connectivity index (χ1) is 5.97. The number of likely N-dealkylation sites (tertiary alicyclic amines) is 1. The summed E-state index contributed by atoms with van der Waals surface area (Å²) in [7, 11) is 0. The van der Waals surface area contributed by atoms with E-state index < -0.39 is 5.60 Å². The van der Waals surface area contributed by atoms with Crippen molar-refractivity contribution in [3.05, 3.63) is 0 Å². The molecule has 0 aromatic heterocycles. The number of hydrogen-bond donors (Lipinski definition) is 2. The molecule has 78 valence electrons. The lowest BCUT2D eigenvalue weighted by atomic mass is 10.0. The summed E-state index contributed by atoms with van der Waals surface area (Å²) in [4.78, 5) is 2.23. The minimum atomic E-state index is -0.581. The fraction of sp³-hybridized carbons (Fsp3) is 1.00. The van der Waals surface area contributed by atoms with Crippen LogP contribution in [0.3, 0.4) is 0 Å². The minimum Gasteiger partial charge on any atom is -0.392 e. The topological polar surface area (TPSA) is 43.7 Å². The van der Waals surface area contributed by atoms with Gasteiger partial charge in [0.25, 0.3) is 0 Å². The highest BCUT2D eigenvalue weighted by Crippen LogP contribution is 2.13. The summed E-state index contributed by atoms with van der Waals surface area (Å²) in [6, 6.07) is 0. The Morgan fingerprint density at radius 1 is 1.46 bits per heavy atom. The van der Waals surface area contributed by atoms with Crippen LogP contribution >= 0.6 is 0 Å². The molecular formula is C10H21NO2. The van der Waals surface area contributed by atoms with Crippen LogP contribution in [0.25, 0.3) is 0 Å². The molecule has 3 heteroatoms. The lowest BCUT2D eigenvalue weighted by molar-refractivity contribution is 0.0322. The second kappa shape index (κ2) is 4.40. The number of nitrogens with zero attached hydrogens (tertiary/aromatic N) is 1. The van der Waals surface area contributed by atoms with Gasteiger partial charge >= 0.3 is 0 Å². The number of piperidine rings is 1. The van der Waals surface area contributed by atoms with Crippen LogP contribution in [0.4, 0.5) is 0 Å². The molecule has 2 N–H and O–H groups in total. The molecule has 0 aromatic carbocycles. The highest BCUT2D eigenvalue weighted by atomic mass is 16.3. The first-order valence-corrected chi connectivity index (χ1v) is 5.10. The minimum absolute atomic E-state index is 0.157. The summed E-state index contributed by atoms with van der Waals surface area (Å²) in [6.45, 7) is 6.38. The van der Waals surface area contributed by atoms with E-state index in [-0.39, 0.29) is 6.10 Å². The first kappa shape index (κ1) is 11.0. The van der Waals surface area contributed by atoms with Gasteiger partial charge in [0.05, 0.1) is 11.7 Å². The number of β-amino-alcohol motifs (C(OH)–C–C–N with tert-alkyl or cyclic N) is 1. The molecule has 1 saturated heterocycles. The van der Waals surface area contributed by atoms with E-state index in [4.69, 9.17) is 0 Å². The van der Waals surface area contributed by atoms with Crippen molar-refractivity contribution in [1.82, 2.24) is 4.90 Å². The fourth-order valence-corrected chi connectivity index (χ4v) is 1.67. The molecule has 13 heavy (non-hydrogen) atoms. The van der Waals surface area contributed by atoms with Gasteiger partial charge in [-0.25, -0.2) is 0 Å². The SMILES string of the molecule is CC(C)(O)CCN1CCC[C@H](O)C1. The number of aliphatic hydroxyl groups is 2. The molecule has 0 aliphatic carbocycles. The predicted octanol–water partition coefficient (Wildman–Crippen LogP) is 0.604. The average molecular weight is 187 g/mol. The third-order valence-corrected chi connectivity index (χ3v) is 2.52. The van der Waals surface area contributed by atoms with Crippen molar-refractivity contribution in [2.24, 2.45) is 0 Å². The lowest BCUT2D eigenvalue weighted by Gasteiger charge is -2.31. The molecule has 0 aromatic rings. The van der Waals surface area contributed by atoms with Gasteiger partial charge in [0, 0.05) is 13.1 Å². The maximum absolute atomic E-state index is 9.53. The molecule has 0 bridgehead atoms. The Balaban J connectivity index is 2.21. The zero-order valence-electron chi connectivity index (χ0n) is 8.66. The van der Waals surface area contributed by atoms with Gasteiger partial charge in [0.2, 0.25) is 0 Å². The van der Waals surface area contributed by atoms with Crippen LogP contribution in [0.2, 0.25) is 0 Å². The van der Waals surface area contributed by atoms with E-state index in [1.54, 1.807) is 0 Å². The zero-order chi connectivity index (χ0) is 9.90. The molecule has 1 heterocycles. The molecule has 0 saturated carbocycles. The van der Waals surface area contributed by atoms with E-state index in [1.807, 2.05) is 13.8 Å². The van der Waals surface area contributed by atoms with Crippen LogP contribution in [-0.2, 0) is 0 Å². The van der Waals surface area contributed by atoms with Gasteiger partial charge in [-0.15, -0.1) is 0 Å². The Hall–Kier alpha value is -0.120. The number of rotatable bonds is 3. The van der Waals surface area contributed by atoms with Gasteiger partial charge in [-0.1, -0.05) is 0 Å². The molecule has 0 amide bonds. The largest absolute Gasteiger partial charge is 0.392 e. The van der Waals surface area contributed by atoms with Crippen LogP contribution in [0.15, 0.2) is 0 Å². The molecule has 1 rings (SSSR count).